The van der Waals surface area contributed by atoms with Crippen LogP contribution in [0.1, 0.15) is 20.3 Å². The van der Waals surface area contributed by atoms with Crippen molar-refractivity contribution in [2.75, 3.05) is 6.61 Å². The van der Waals surface area contributed by atoms with Gasteiger partial charge in [-0.05, 0) is 13.3 Å². The molecule has 0 rings (SSSR count). The van der Waals surface area contributed by atoms with E-state index < -0.39 is 18.0 Å². The van der Waals surface area contributed by atoms with E-state index in [2.05, 4.69) is 4.74 Å². The van der Waals surface area contributed by atoms with Gasteiger partial charge in [-0.3, -0.25) is 0 Å². The van der Waals surface area contributed by atoms with Gasteiger partial charge < -0.3 is 9.84 Å². The molecule has 0 aliphatic heterocycles. The molecule has 0 aromatic rings. The van der Waals surface area contributed by atoms with Gasteiger partial charge in [0, 0.05) is 0 Å². The molecule has 1 atom stereocenters. The molecule has 0 aromatic carbocycles. The third kappa shape index (κ3) is 2.41. The summed E-state index contributed by atoms with van der Waals surface area (Å²) in [7, 11) is 0. The Kier molecular flexibility index (Phi) is 4.09. The second kappa shape index (κ2) is 4.35. The normalized spacial score (nSPS) is 14.1. The van der Waals surface area contributed by atoms with Crippen LogP contribution in [0.4, 0.5) is 8.78 Å². The third-order valence-corrected chi connectivity index (χ3v) is 1.35. The molecule has 1 unspecified atom stereocenters. The summed E-state index contributed by atoms with van der Waals surface area (Å²) in [6.45, 7) is 2.66. The minimum Gasteiger partial charge on any atom is -0.461 e. The Morgan fingerprint density at radius 3 is 2.42 bits per heavy atom. The van der Waals surface area contributed by atoms with E-state index >= 15 is 0 Å². The highest BCUT2D eigenvalue weighted by atomic mass is 19.3. The summed E-state index contributed by atoms with van der Waals surface area (Å²) in [6, 6.07) is 0. The minimum absolute atomic E-state index is 0.120. The first-order chi connectivity index (χ1) is 5.46. The molecule has 0 aliphatic carbocycles. The van der Waals surface area contributed by atoms with Crippen molar-refractivity contribution in [3.63, 3.8) is 0 Å². The maximum absolute atomic E-state index is 12.7. The van der Waals surface area contributed by atoms with Crippen LogP contribution in [0.2, 0.25) is 0 Å². The van der Waals surface area contributed by atoms with Gasteiger partial charge >= 0.3 is 11.9 Å². The lowest BCUT2D eigenvalue weighted by atomic mass is 10.1. The van der Waals surface area contributed by atoms with Crippen molar-refractivity contribution in [1.29, 1.82) is 0 Å². The van der Waals surface area contributed by atoms with E-state index in [1.165, 1.54) is 13.8 Å². The van der Waals surface area contributed by atoms with Crippen LogP contribution in [-0.4, -0.2) is 29.7 Å². The number of ether oxygens (including phenoxy) is 1. The van der Waals surface area contributed by atoms with Crippen molar-refractivity contribution in [2.24, 2.45) is 0 Å². The highest BCUT2D eigenvalue weighted by molar-refractivity contribution is 5.78. The van der Waals surface area contributed by atoms with Crippen LogP contribution in [-0.2, 0) is 9.53 Å². The number of carbonyl (C=O) groups is 1. The van der Waals surface area contributed by atoms with Gasteiger partial charge in [-0.15, -0.1) is 0 Å². The summed E-state index contributed by atoms with van der Waals surface area (Å²) in [5, 5.41) is 8.73. The summed E-state index contributed by atoms with van der Waals surface area (Å²) in [5.41, 5.74) is 0. The zero-order valence-corrected chi connectivity index (χ0v) is 7.01. The second-order valence-electron chi connectivity index (χ2n) is 2.27. The number of aliphatic hydroxyl groups is 1. The van der Waals surface area contributed by atoms with Gasteiger partial charge in [0.1, 0.15) is 6.10 Å². The maximum atomic E-state index is 12.7. The molecule has 1 N–H and O–H groups in total. The van der Waals surface area contributed by atoms with Gasteiger partial charge in [-0.25, -0.2) is 4.79 Å². The number of carbonyl (C=O) groups excluding carboxylic acids is 1. The van der Waals surface area contributed by atoms with Gasteiger partial charge in [0.25, 0.3) is 0 Å². The predicted octanol–water partition coefficient (Wildman–Crippen LogP) is 0.956. The van der Waals surface area contributed by atoms with Crippen molar-refractivity contribution in [3.05, 3.63) is 0 Å². The molecule has 0 fully saturated rings. The van der Waals surface area contributed by atoms with Crippen LogP contribution in [0.3, 0.4) is 0 Å². The molecule has 0 saturated carbocycles. The summed E-state index contributed by atoms with van der Waals surface area (Å²) in [6.07, 6.45) is -2.15. The zero-order chi connectivity index (χ0) is 9.78. The Bertz CT molecular complexity index is 159. The molecule has 5 heteroatoms. The number of halogens is 2. The Balaban J connectivity index is 4.27. The predicted molar refractivity (Wildman–Crippen MR) is 37.9 cm³/mol. The fourth-order valence-electron chi connectivity index (χ4n) is 0.620. The van der Waals surface area contributed by atoms with Crippen molar-refractivity contribution in [3.8, 4) is 0 Å². The summed E-state index contributed by atoms with van der Waals surface area (Å²) in [5.74, 6) is -5.45. The van der Waals surface area contributed by atoms with E-state index in [1.54, 1.807) is 0 Å². The van der Waals surface area contributed by atoms with Crippen LogP contribution >= 0.6 is 0 Å². The van der Waals surface area contributed by atoms with Gasteiger partial charge in [0.2, 0.25) is 0 Å². The van der Waals surface area contributed by atoms with Crippen LogP contribution in [0, 0.1) is 0 Å². The van der Waals surface area contributed by atoms with Crippen LogP contribution in [0.15, 0.2) is 0 Å². The quantitative estimate of drug-likeness (QED) is 0.658. The van der Waals surface area contributed by atoms with Gasteiger partial charge in [0.15, 0.2) is 0 Å². The number of alkyl halides is 2. The topological polar surface area (TPSA) is 46.5 Å². The van der Waals surface area contributed by atoms with E-state index in [-0.39, 0.29) is 13.0 Å². The summed E-state index contributed by atoms with van der Waals surface area (Å²) in [4.78, 5) is 10.5. The summed E-state index contributed by atoms with van der Waals surface area (Å²) < 4.78 is 29.4. The Morgan fingerprint density at radius 2 is 2.08 bits per heavy atom. The Morgan fingerprint density at radius 1 is 1.58 bits per heavy atom. The fraction of sp³-hybridized carbons (Fsp3) is 0.857. The van der Waals surface area contributed by atoms with Crippen molar-refractivity contribution in [2.45, 2.75) is 32.3 Å². The summed E-state index contributed by atoms with van der Waals surface area (Å²) >= 11 is 0. The zero-order valence-electron chi connectivity index (χ0n) is 7.01. The molecule has 72 valence electrons. The van der Waals surface area contributed by atoms with E-state index in [9.17, 15) is 13.6 Å². The Hall–Kier alpha value is -0.710. The number of aliphatic hydroxyl groups excluding tert-OH is 1. The third-order valence-electron chi connectivity index (χ3n) is 1.35. The number of hydrogen-bond donors (Lipinski definition) is 1. The van der Waals surface area contributed by atoms with Gasteiger partial charge in [0.05, 0.1) is 6.61 Å². The van der Waals surface area contributed by atoms with Crippen molar-refractivity contribution >= 4 is 5.97 Å². The first-order valence-corrected chi connectivity index (χ1v) is 3.69. The van der Waals surface area contributed by atoms with Crippen molar-refractivity contribution < 1.29 is 23.4 Å². The van der Waals surface area contributed by atoms with Crippen LogP contribution < -0.4 is 0 Å². The maximum Gasteiger partial charge on any atom is 0.379 e. The molecule has 0 aromatic heterocycles. The highest BCUT2D eigenvalue weighted by Crippen LogP contribution is 2.22. The lowest BCUT2D eigenvalue weighted by Gasteiger charge is -2.18. The fourth-order valence-corrected chi connectivity index (χ4v) is 0.620. The average Bonchev–Trinajstić information content (AvgIpc) is 2.03. The molecular formula is C7H12F2O3. The van der Waals surface area contributed by atoms with Crippen LogP contribution in [0.5, 0.6) is 0 Å². The highest BCUT2D eigenvalue weighted by Gasteiger charge is 2.47. The smallest absolute Gasteiger partial charge is 0.379 e. The molecule has 3 nitrogen and oxygen atoms in total. The lowest BCUT2D eigenvalue weighted by molar-refractivity contribution is -0.188. The molecule has 0 heterocycles. The SMILES string of the molecule is CCOC(=O)C(F)(F)C(O)CC. The molecule has 0 spiro atoms. The molecule has 0 aliphatic rings. The molecule has 0 bridgehead atoms. The number of esters is 1. The van der Waals surface area contributed by atoms with E-state index in [0.717, 1.165) is 0 Å². The second-order valence-corrected chi connectivity index (χ2v) is 2.27. The largest absolute Gasteiger partial charge is 0.461 e. The standard InChI is InChI=1S/C7H12F2O3/c1-3-5(10)7(8,9)6(11)12-4-2/h5,10H,3-4H2,1-2H3. The average molecular weight is 182 g/mol. The molecule has 0 radical (unpaired) electrons. The van der Waals surface area contributed by atoms with Gasteiger partial charge in [-0.1, -0.05) is 6.92 Å². The first kappa shape index (κ1) is 11.3. The lowest BCUT2D eigenvalue weighted by Crippen LogP contribution is -2.42. The number of rotatable bonds is 4. The Labute approximate surface area is 69.3 Å². The van der Waals surface area contributed by atoms with Gasteiger partial charge in [-0.2, -0.15) is 8.78 Å². The van der Waals surface area contributed by atoms with Crippen LogP contribution in [0.25, 0.3) is 0 Å². The van der Waals surface area contributed by atoms with Crippen molar-refractivity contribution in [1.82, 2.24) is 0 Å². The van der Waals surface area contributed by atoms with E-state index in [1.807, 2.05) is 0 Å². The molecular weight excluding hydrogens is 170 g/mol. The van der Waals surface area contributed by atoms with E-state index in [4.69, 9.17) is 5.11 Å². The number of hydrogen-bond acceptors (Lipinski definition) is 3. The first-order valence-electron chi connectivity index (χ1n) is 3.69. The van der Waals surface area contributed by atoms with E-state index in [0.29, 0.717) is 0 Å². The molecule has 0 amide bonds. The molecule has 12 heavy (non-hydrogen) atoms. The minimum atomic E-state index is -3.79. The monoisotopic (exact) mass is 182 g/mol. The molecule has 0 saturated heterocycles.